The third-order valence-electron chi connectivity index (χ3n) is 6.46. The first-order chi connectivity index (χ1) is 12.1. The first-order valence-electron chi connectivity index (χ1n) is 9.89. The Kier molecular flexibility index (Phi) is 4.83. The lowest BCUT2D eigenvalue weighted by molar-refractivity contribution is -0.121. The van der Waals surface area contributed by atoms with Crippen LogP contribution in [0.3, 0.4) is 0 Å². The van der Waals surface area contributed by atoms with Gasteiger partial charge in [0.2, 0.25) is 5.91 Å². The summed E-state index contributed by atoms with van der Waals surface area (Å²) in [5, 5.41) is 3.27. The fourth-order valence-corrected chi connectivity index (χ4v) is 4.49. The van der Waals surface area contributed by atoms with Crippen LogP contribution < -0.4 is 5.32 Å². The van der Waals surface area contributed by atoms with E-state index in [1.807, 2.05) is 0 Å². The van der Waals surface area contributed by atoms with Gasteiger partial charge >= 0.3 is 0 Å². The van der Waals surface area contributed by atoms with Crippen LogP contribution in [0.2, 0.25) is 0 Å². The Balaban J connectivity index is 1.24. The Morgan fingerprint density at radius 2 is 1.96 bits per heavy atom. The Morgan fingerprint density at radius 3 is 2.72 bits per heavy atom. The van der Waals surface area contributed by atoms with Crippen LogP contribution in [0.1, 0.15) is 42.7 Å². The van der Waals surface area contributed by atoms with Gasteiger partial charge in [0.1, 0.15) is 0 Å². The predicted octanol–water partition coefficient (Wildman–Crippen LogP) is 2.25. The van der Waals surface area contributed by atoms with Gasteiger partial charge in [0.25, 0.3) is 0 Å². The average molecular weight is 341 g/mol. The van der Waals surface area contributed by atoms with Gasteiger partial charge in [-0.15, -0.1) is 0 Å². The second-order valence-electron chi connectivity index (χ2n) is 8.49. The summed E-state index contributed by atoms with van der Waals surface area (Å²) < 4.78 is 0. The lowest BCUT2D eigenvalue weighted by atomic mass is 9.97. The van der Waals surface area contributed by atoms with Crippen LogP contribution in [0, 0.1) is 5.41 Å². The highest BCUT2D eigenvalue weighted by molar-refractivity contribution is 5.77. The van der Waals surface area contributed by atoms with Crippen molar-refractivity contribution in [2.45, 2.75) is 38.0 Å². The summed E-state index contributed by atoms with van der Waals surface area (Å²) in [6.45, 7) is 6.71. The molecule has 4 heteroatoms. The number of aryl methyl sites for hydroxylation is 1. The zero-order valence-corrected chi connectivity index (χ0v) is 15.5. The summed E-state index contributed by atoms with van der Waals surface area (Å²) in [5.41, 5.74) is 3.20. The van der Waals surface area contributed by atoms with E-state index in [1.165, 1.54) is 50.1 Å². The fourth-order valence-electron chi connectivity index (χ4n) is 4.49. The van der Waals surface area contributed by atoms with E-state index in [-0.39, 0.29) is 5.91 Å². The number of fused-ring (bicyclic) bond motifs is 1. The Hall–Kier alpha value is -1.39. The van der Waals surface area contributed by atoms with Crippen LogP contribution in [-0.2, 0) is 11.2 Å². The molecule has 2 fully saturated rings. The molecule has 3 aliphatic rings. The number of hydrogen-bond donors (Lipinski definition) is 1. The van der Waals surface area contributed by atoms with Crippen LogP contribution in [0.5, 0.6) is 0 Å². The molecule has 0 unspecified atom stereocenters. The number of carbonyl (C=O) groups is 1. The number of likely N-dealkylation sites (N-methyl/N-ethyl adjacent to an activating group) is 1. The van der Waals surface area contributed by atoms with Gasteiger partial charge < -0.3 is 15.1 Å². The smallest absolute Gasteiger partial charge is 0.220 e. The second kappa shape index (κ2) is 7.08. The maximum absolute atomic E-state index is 12.5. The van der Waals surface area contributed by atoms with Gasteiger partial charge in [0.05, 0.1) is 0 Å². The van der Waals surface area contributed by atoms with Gasteiger partial charge in [0, 0.05) is 51.1 Å². The van der Waals surface area contributed by atoms with Crippen LogP contribution >= 0.6 is 0 Å². The average Bonchev–Trinajstić information content (AvgIpc) is 3.28. The van der Waals surface area contributed by atoms with Gasteiger partial charge in [-0.05, 0) is 49.8 Å². The van der Waals surface area contributed by atoms with Crippen molar-refractivity contribution in [2.24, 2.45) is 5.41 Å². The van der Waals surface area contributed by atoms with E-state index in [0.29, 0.717) is 17.8 Å². The van der Waals surface area contributed by atoms with E-state index in [9.17, 15) is 4.79 Å². The molecule has 1 heterocycles. The van der Waals surface area contributed by atoms with E-state index in [2.05, 4.69) is 46.4 Å². The Morgan fingerprint density at radius 1 is 1.20 bits per heavy atom. The molecule has 0 aromatic heterocycles. The minimum absolute atomic E-state index is 0.242. The molecule has 0 spiro atoms. The number of nitrogens with one attached hydrogen (secondary N) is 1. The summed E-state index contributed by atoms with van der Waals surface area (Å²) in [4.78, 5) is 17.5. The molecule has 1 saturated heterocycles. The summed E-state index contributed by atoms with van der Waals surface area (Å²) in [6.07, 6.45) is 5.44. The molecule has 1 amide bonds. The maximum atomic E-state index is 12.5. The molecule has 0 radical (unpaired) electrons. The summed E-state index contributed by atoms with van der Waals surface area (Å²) in [5.74, 6) is 0.662. The lowest BCUT2D eigenvalue weighted by Crippen LogP contribution is -2.48. The van der Waals surface area contributed by atoms with Gasteiger partial charge in [-0.3, -0.25) is 4.79 Å². The van der Waals surface area contributed by atoms with Crippen LogP contribution in [0.15, 0.2) is 24.3 Å². The highest BCUT2D eigenvalue weighted by Crippen LogP contribution is 2.46. The first kappa shape index (κ1) is 17.0. The van der Waals surface area contributed by atoms with E-state index < -0.39 is 0 Å². The maximum Gasteiger partial charge on any atom is 0.220 e. The van der Waals surface area contributed by atoms with E-state index in [4.69, 9.17) is 0 Å². The molecule has 1 N–H and O–H groups in total. The number of nitrogens with zero attached hydrogens (tertiary/aromatic N) is 2. The lowest BCUT2D eigenvalue weighted by Gasteiger charge is -2.35. The zero-order chi connectivity index (χ0) is 17.3. The van der Waals surface area contributed by atoms with Crippen molar-refractivity contribution < 1.29 is 4.79 Å². The minimum Gasteiger partial charge on any atom is -0.355 e. The van der Waals surface area contributed by atoms with Gasteiger partial charge in [-0.1, -0.05) is 24.3 Å². The van der Waals surface area contributed by atoms with Gasteiger partial charge in [0.15, 0.2) is 0 Å². The molecule has 1 aromatic rings. The normalized spacial score (nSPS) is 25.6. The molecular weight excluding hydrogens is 310 g/mol. The van der Waals surface area contributed by atoms with Gasteiger partial charge in [-0.2, -0.15) is 0 Å². The zero-order valence-electron chi connectivity index (χ0n) is 15.5. The molecular formula is C21H31N3O. The number of piperazine rings is 1. The standard InChI is InChI=1S/C21H31N3O/c1-23-10-12-24(13-11-23)16-21(8-9-21)15-22-20(25)14-18-7-6-17-4-2-3-5-19(17)18/h2-5,18H,6-16H2,1H3,(H,22,25)/t18-/m1/s1. The molecule has 136 valence electrons. The number of rotatable bonds is 6. The molecule has 25 heavy (non-hydrogen) atoms. The quantitative estimate of drug-likeness (QED) is 0.862. The third-order valence-corrected chi connectivity index (χ3v) is 6.46. The molecule has 1 aromatic carbocycles. The first-order valence-corrected chi connectivity index (χ1v) is 9.89. The monoisotopic (exact) mass is 341 g/mol. The summed E-state index contributed by atoms with van der Waals surface area (Å²) in [7, 11) is 2.20. The molecule has 4 rings (SSSR count). The van der Waals surface area contributed by atoms with Gasteiger partial charge in [-0.25, -0.2) is 0 Å². The van der Waals surface area contributed by atoms with Crippen LogP contribution in [0.4, 0.5) is 0 Å². The van der Waals surface area contributed by atoms with Crippen LogP contribution in [0.25, 0.3) is 0 Å². The van der Waals surface area contributed by atoms with Crippen molar-refractivity contribution >= 4 is 5.91 Å². The van der Waals surface area contributed by atoms with E-state index in [0.717, 1.165) is 25.9 Å². The number of carbonyl (C=O) groups excluding carboxylic acids is 1. The minimum atomic E-state index is 0.242. The molecule has 4 nitrogen and oxygen atoms in total. The number of benzene rings is 1. The molecule has 0 bridgehead atoms. The highest BCUT2D eigenvalue weighted by atomic mass is 16.1. The van der Waals surface area contributed by atoms with Crippen molar-refractivity contribution in [1.29, 1.82) is 0 Å². The van der Waals surface area contributed by atoms with Crippen molar-refractivity contribution in [3.05, 3.63) is 35.4 Å². The molecule has 1 atom stereocenters. The summed E-state index contributed by atoms with van der Waals surface area (Å²) >= 11 is 0. The van der Waals surface area contributed by atoms with Crippen molar-refractivity contribution in [2.75, 3.05) is 46.3 Å². The topological polar surface area (TPSA) is 35.6 Å². The fraction of sp³-hybridized carbons (Fsp3) is 0.667. The highest BCUT2D eigenvalue weighted by Gasteiger charge is 2.44. The third kappa shape index (κ3) is 4.06. The second-order valence-corrected chi connectivity index (χ2v) is 8.49. The largest absolute Gasteiger partial charge is 0.355 e. The van der Waals surface area contributed by atoms with E-state index >= 15 is 0 Å². The Labute approximate surface area is 151 Å². The predicted molar refractivity (Wildman–Crippen MR) is 101 cm³/mol. The van der Waals surface area contributed by atoms with Crippen LogP contribution in [-0.4, -0.2) is 62.0 Å². The SMILES string of the molecule is CN1CCN(CC2(CNC(=O)C[C@H]3CCc4ccccc43)CC2)CC1. The summed E-state index contributed by atoms with van der Waals surface area (Å²) in [6, 6.07) is 8.62. The number of amides is 1. The van der Waals surface area contributed by atoms with Crippen molar-refractivity contribution in [1.82, 2.24) is 15.1 Å². The van der Waals surface area contributed by atoms with Crippen molar-refractivity contribution in [3.63, 3.8) is 0 Å². The van der Waals surface area contributed by atoms with E-state index in [1.54, 1.807) is 0 Å². The molecule has 1 aliphatic heterocycles. The molecule has 1 saturated carbocycles. The number of hydrogen-bond acceptors (Lipinski definition) is 3. The van der Waals surface area contributed by atoms with Crippen molar-refractivity contribution in [3.8, 4) is 0 Å². The molecule has 2 aliphatic carbocycles. The Bertz CT molecular complexity index is 617.